The fourth-order valence-electron chi connectivity index (χ4n) is 2.77. The van der Waals surface area contributed by atoms with E-state index in [2.05, 4.69) is 31.2 Å². The molecule has 0 aromatic carbocycles. The third-order valence-electron chi connectivity index (χ3n) is 3.72. The van der Waals surface area contributed by atoms with Gasteiger partial charge in [-0.2, -0.15) is 0 Å². The number of nitrogens with one attached hydrogen (secondary N) is 1. The Hall–Kier alpha value is -0.680. The van der Waals surface area contributed by atoms with Crippen LogP contribution in [0.15, 0.2) is 10.7 Å². The lowest BCUT2D eigenvalue weighted by Crippen LogP contribution is -2.32. The van der Waals surface area contributed by atoms with Gasteiger partial charge in [0.05, 0.1) is 4.47 Å². The van der Waals surface area contributed by atoms with E-state index in [-0.39, 0.29) is 5.60 Å². The molecule has 1 aromatic rings. The van der Waals surface area contributed by atoms with E-state index in [9.17, 15) is 0 Å². The predicted octanol–water partition coefficient (Wildman–Crippen LogP) is 3.87. The highest BCUT2D eigenvalue weighted by molar-refractivity contribution is 9.10. The van der Waals surface area contributed by atoms with Gasteiger partial charge in [0, 0.05) is 19.9 Å². The molecule has 1 aliphatic carbocycles. The Morgan fingerprint density at radius 1 is 1.32 bits per heavy atom. The fraction of sp³-hybridized carbons (Fsp3) is 0.714. The minimum Gasteiger partial charge on any atom is -0.372 e. The summed E-state index contributed by atoms with van der Waals surface area (Å²) in [5, 5.41) is 3.10. The molecule has 1 aliphatic rings. The van der Waals surface area contributed by atoms with Gasteiger partial charge in [-0.05, 0) is 35.7 Å². The van der Waals surface area contributed by atoms with Crippen LogP contribution in [0.3, 0.4) is 0 Å². The predicted molar refractivity (Wildman–Crippen MR) is 80.3 cm³/mol. The quantitative estimate of drug-likeness (QED) is 0.853. The van der Waals surface area contributed by atoms with E-state index in [0.29, 0.717) is 6.61 Å². The van der Waals surface area contributed by atoms with E-state index >= 15 is 0 Å². The molecular weight excluding hydrogens is 306 g/mol. The summed E-state index contributed by atoms with van der Waals surface area (Å²) >= 11 is 3.46. The lowest BCUT2D eigenvalue weighted by molar-refractivity contribution is -0.0623. The zero-order valence-corrected chi connectivity index (χ0v) is 13.3. The highest BCUT2D eigenvalue weighted by Gasteiger charge is 2.36. The summed E-state index contributed by atoms with van der Waals surface area (Å²) in [4.78, 5) is 9.17. The number of halogens is 1. The molecule has 2 rings (SSSR count). The molecule has 1 aromatic heterocycles. The third-order valence-corrected chi connectivity index (χ3v) is 4.30. The lowest BCUT2D eigenvalue weighted by atomic mass is 9.93. The Kier molecular flexibility index (Phi) is 5.16. The highest BCUT2D eigenvalue weighted by atomic mass is 79.9. The molecule has 19 heavy (non-hydrogen) atoms. The van der Waals surface area contributed by atoms with Crippen molar-refractivity contribution in [1.29, 1.82) is 0 Å². The summed E-state index contributed by atoms with van der Waals surface area (Å²) in [6, 6.07) is 0. The van der Waals surface area contributed by atoms with Gasteiger partial charge in [0.2, 0.25) is 0 Å². The molecule has 0 saturated heterocycles. The van der Waals surface area contributed by atoms with Crippen molar-refractivity contribution in [3.8, 4) is 0 Å². The maximum Gasteiger partial charge on any atom is 0.162 e. The van der Waals surface area contributed by atoms with Crippen LogP contribution in [0.2, 0.25) is 0 Å². The van der Waals surface area contributed by atoms with E-state index in [1.807, 2.05) is 20.2 Å². The Bertz CT molecular complexity index is 417. The van der Waals surface area contributed by atoms with Crippen LogP contribution in [0.25, 0.3) is 0 Å². The van der Waals surface area contributed by atoms with Gasteiger partial charge in [-0.1, -0.05) is 25.7 Å². The molecule has 0 atom stereocenters. The number of hydrogen-bond acceptors (Lipinski definition) is 4. The van der Waals surface area contributed by atoms with Gasteiger partial charge < -0.3 is 10.1 Å². The van der Waals surface area contributed by atoms with E-state index in [0.717, 1.165) is 29.0 Å². The third kappa shape index (κ3) is 3.26. The van der Waals surface area contributed by atoms with Gasteiger partial charge in [-0.15, -0.1) is 0 Å². The van der Waals surface area contributed by atoms with Gasteiger partial charge in [-0.25, -0.2) is 9.97 Å². The molecule has 0 bridgehead atoms. The number of ether oxygens (including phenoxy) is 1. The van der Waals surface area contributed by atoms with Crippen molar-refractivity contribution < 1.29 is 4.74 Å². The topological polar surface area (TPSA) is 47.0 Å². The first-order chi connectivity index (χ1) is 9.22. The largest absolute Gasteiger partial charge is 0.372 e. The number of rotatable bonds is 4. The second kappa shape index (κ2) is 6.66. The van der Waals surface area contributed by atoms with Crippen molar-refractivity contribution in [2.45, 2.75) is 51.0 Å². The van der Waals surface area contributed by atoms with Gasteiger partial charge in [-0.3, -0.25) is 0 Å². The van der Waals surface area contributed by atoms with Gasteiger partial charge in [0.1, 0.15) is 11.4 Å². The number of aromatic nitrogens is 2. The van der Waals surface area contributed by atoms with Crippen LogP contribution in [-0.2, 0) is 10.3 Å². The molecule has 1 heterocycles. The zero-order chi connectivity index (χ0) is 13.7. The van der Waals surface area contributed by atoms with Crippen molar-refractivity contribution >= 4 is 21.7 Å². The Morgan fingerprint density at radius 2 is 2.00 bits per heavy atom. The van der Waals surface area contributed by atoms with E-state index in [4.69, 9.17) is 4.74 Å². The van der Waals surface area contributed by atoms with Crippen LogP contribution in [0, 0.1) is 0 Å². The summed E-state index contributed by atoms with van der Waals surface area (Å²) in [6.45, 7) is 2.75. The van der Waals surface area contributed by atoms with Crippen molar-refractivity contribution in [3.63, 3.8) is 0 Å². The Morgan fingerprint density at radius 3 is 2.58 bits per heavy atom. The smallest absolute Gasteiger partial charge is 0.162 e. The summed E-state index contributed by atoms with van der Waals surface area (Å²) in [7, 11) is 1.87. The molecule has 1 N–H and O–H groups in total. The van der Waals surface area contributed by atoms with E-state index in [1.54, 1.807) is 0 Å². The van der Waals surface area contributed by atoms with Crippen LogP contribution >= 0.6 is 15.9 Å². The van der Waals surface area contributed by atoms with Crippen molar-refractivity contribution in [2.75, 3.05) is 19.0 Å². The minimum atomic E-state index is -0.294. The second-order valence-corrected chi connectivity index (χ2v) is 5.84. The van der Waals surface area contributed by atoms with Gasteiger partial charge >= 0.3 is 0 Å². The lowest BCUT2D eigenvalue weighted by Gasteiger charge is -2.31. The molecule has 106 valence electrons. The van der Waals surface area contributed by atoms with Crippen molar-refractivity contribution in [1.82, 2.24) is 9.97 Å². The monoisotopic (exact) mass is 327 g/mol. The zero-order valence-electron chi connectivity index (χ0n) is 11.7. The normalized spacial score (nSPS) is 18.9. The highest BCUT2D eigenvalue weighted by Crippen LogP contribution is 2.38. The van der Waals surface area contributed by atoms with Crippen LogP contribution in [0.1, 0.15) is 51.3 Å². The average molecular weight is 328 g/mol. The molecule has 1 saturated carbocycles. The first-order valence-corrected chi connectivity index (χ1v) is 7.86. The summed E-state index contributed by atoms with van der Waals surface area (Å²) < 4.78 is 7.00. The molecule has 5 heteroatoms. The molecule has 0 amide bonds. The maximum absolute atomic E-state index is 6.11. The Balaban J connectivity index is 2.36. The molecule has 0 unspecified atom stereocenters. The van der Waals surface area contributed by atoms with Crippen LogP contribution in [0.5, 0.6) is 0 Å². The van der Waals surface area contributed by atoms with E-state index < -0.39 is 0 Å². The molecule has 0 radical (unpaired) electrons. The van der Waals surface area contributed by atoms with Crippen LogP contribution < -0.4 is 5.32 Å². The SMILES string of the molecule is CCOC1(c2ncc(Br)c(NC)n2)CCCCCC1. The van der Waals surface area contributed by atoms with Crippen molar-refractivity contribution in [2.24, 2.45) is 0 Å². The first-order valence-electron chi connectivity index (χ1n) is 7.06. The minimum absolute atomic E-state index is 0.294. The molecule has 0 spiro atoms. The molecule has 0 aliphatic heterocycles. The average Bonchev–Trinajstić information content (AvgIpc) is 2.66. The fourth-order valence-corrected chi connectivity index (χ4v) is 3.16. The summed E-state index contributed by atoms with van der Waals surface area (Å²) in [5.74, 6) is 1.65. The molecule has 1 fully saturated rings. The number of nitrogens with zero attached hydrogens (tertiary/aromatic N) is 2. The van der Waals surface area contributed by atoms with Gasteiger partial charge in [0.15, 0.2) is 5.82 Å². The van der Waals surface area contributed by atoms with Crippen molar-refractivity contribution in [3.05, 3.63) is 16.5 Å². The summed E-state index contributed by atoms with van der Waals surface area (Å²) in [5.41, 5.74) is -0.294. The second-order valence-electron chi connectivity index (χ2n) is 4.98. The Labute approximate surface area is 123 Å². The summed E-state index contributed by atoms with van der Waals surface area (Å²) in [6.07, 6.45) is 8.80. The standard InChI is InChI=1S/C14H22BrN3O/c1-3-19-14(8-6-4-5-7-9-14)13-17-10-11(15)12(16-2)18-13/h10H,3-9H2,1-2H3,(H,16,17,18). The van der Waals surface area contributed by atoms with Crippen LogP contribution in [0.4, 0.5) is 5.82 Å². The van der Waals surface area contributed by atoms with Crippen LogP contribution in [-0.4, -0.2) is 23.6 Å². The first kappa shape index (κ1) is 14.7. The number of anilines is 1. The maximum atomic E-state index is 6.11. The number of hydrogen-bond donors (Lipinski definition) is 1. The van der Waals surface area contributed by atoms with Gasteiger partial charge in [0.25, 0.3) is 0 Å². The van der Waals surface area contributed by atoms with E-state index in [1.165, 1.54) is 25.7 Å². The molecule has 4 nitrogen and oxygen atoms in total. The molecular formula is C14H22BrN3O.